The number of nitrogens with zero attached hydrogens (tertiary/aromatic N) is 8. The lowest BCUT2D eigenvalue weighted by Crippen LogP contribution is -2.55. The molecule has 7 aromatic rings. The van der Waals surface area contributed by atoms with E-state index in [1.54, 1.807) is 35.9 Å². The molecule has 1 aliphatic carbocycles. The number of fused-ring (bicyclic) bond motifs is 4. The molecule has 11 rings (SSSR count). The zero-order valence-corrected chi connectivity index (χ0v) is 38.8. The first-order valence-electron chi connectivity index (χ1n) is 23.4. The predicted octanol–water partition coefficient (Wildman–Crippen LogP) is 9.38. The van der Waals surface area contributed by atoms with Crippen LogP contribution in [0.2, 0.25) is 0 Å². The number of benzene rings is 4. The van der Waals surface area contributed by atoms with Crippen LogP contribution in [0.3, 0.4) is 0 Å². The van der Waals surface area contributed by atoms with Crippen molar-refractivity contribution in [2.24, 2.45) is 4.99 Å². The van der Waals surface area contributed by atoms with Crippen LogP contribution >= 0.6 is 11.3 Å². The molecule has 2 N–H and O–H groups in total. The maximum atomic E-state index is 15.2. The lowest BCUT2D eigenvalue weighted by atomic mass is 9.69. The summed E-state index contributed by atoms with van der Waals surface area (Å²) < 4.78 is 37.0. The number of aromatic nitrogens is 4. The molecule has 344 valence electrons. The third-order valence-electron chi connectivity index (χ3n) is 14.7. The summed E-state index contributed by atoms with van der Waals surface area (Å²) in [6.07, 6.45) is 6.50. The van der Waals surface area contributed by atoms with Gasteiger partial charge in [0, 0.05) is 85.2 Å². The van der Waals surface area contributed by atoms with Gasteiger partial charge < -0.3 is 24.4 Å². The summed E-state index contributed by atoms with van der Waals surface area (Å²) in [5, 5.41) is 32.3. The van der Waals surface area contributed by atoms with E-state index in [9.17, 15) is 14.6 Å². The van der Waals surface area contributed by atoms with Crippen LogP contribution in [0.25, 0.3) is 5.00 Å². The second-order valence-corrected chi connectivity index (χ2v) is 20.0. The summed E-state index contributed by atoms with van der Waals surface area (Å²) in [4.78, 5) is 18.2. The number of piperazine rings is 1. The topological polar surface area (TPSA) is 119 Å². The number of aryl methyl sites for hydroxylation is 3. The van der Waals surface area contributed by atoms with E-state index in [1.165, 1.54) is 16.5 Å². The highest BCUT2D eigenvalue weighted by atomic mass is 32.1. The molecule has 0 saturated carbocycles. The van der Waals surface area contributed by atoms with Crippen molar-refractivity contribution in [1.29, 1.82) is 0 Å². The number of aliphatic imine (C=N–C) groups is 1. The standard InChI is InChI=1S/C53H54F2N8O3S/c1-32-33(2)67-52-48(32)50(57-46(30-47-56-20-27-66-47)51-59-58-34(3)63(51)52)36-6-12-39(13-7-36)61-21-18-53(65,19-22-61)31-60-23-25-62(26-24-60)40-10-4-35(5-11-40)49-42-17-14-41(64)28-37(42)8-15-44(49)43-16-9-38(54)29-45(43)55/h4-7,9-14,16-17,20,27-29,44,46,49,64-65H,8,15,18-19,21-26,30-31H2,1-3H3/t44-,46-,49-/m1/s1. The molecule has 4 aromatic carbocycles. The molecule has 3 aliphatic heterocycles. The molecule has 0 bridgehead atoms. The van der Waals surface area contributed by atoms with Crippen LogP contribution in [0.1, 0.15) is 98.5 Å². The van der Waals surface area contributed by atoms with Crippen LogP contribution < -0.4 is 9.80 Å². The van der Waals surface area contributed by atoms with Gasteiger partial charge >= 0.3 is 0 Å². The van der Waals surface area contributed by atoms with Crippen molar-refractivity contribution < 1.29 is 23.4 Å². The number of rotatable bonds is 9. The molecule has 0 radical (unpaired) electrons. The number of anilines is 2. The maximum Gasteiger partial charge on any atom is 0.196 e. The number of hydrogen-bond donors (Lipinski definition) is 2. The molecule has 2 saturated heterocycles. The van der Waals surface area contributed by atoms with Crippen molar-refractivity contribution in [3.63, 3.8) is 0 Å². The van der Waals surface area contributed by atoms with E-state index >= 15 is 4.39 Å². The van der Waals surface area contributed by atoms with Crippen molar-refractivity contribution >= 4 is 28.4 Å². The number of piperidine rings is 1. The van der Waals surface area contributed by atoms with E-state index in [0.29, 0.717) is 50.1 Å². The smallest absolute Gasteiger partial charge is 0.196 e. The summed E-state index contributed by atoms with van der Waals surface area (Å²) in [5.41, 5.74) is 9.50. The molecule has 0 amide bonds. The number of thiophene rings is 1. The monoisotopic (exact) mass is 920 g/mol. The van der Waals surface area contributed by atoms with E-state index in [2.05, 4.69) is 96.8 Å². The first-order chi connectivity index (χ1) is 32.5. The van der Waals surface area contributed by atoms with Crippen LogP contribution in [0.15, 0.2) is 107 Å². The van der Waals surface area contributed by atoms with Gasteiger partial charge in [-0.05, 0) is 123 Å². The van der Waals surface area contributed by atoms with Crippen LogP contribution in [-0.2, 0) is 12.8 Å². The lowest BCUT2D eigenvalue weighted by Gasteiger charge is -2.44. The van der Waals surface area contributed by atoms with Crippen LogP contribution in [-0.4, -0.2) is 92.0 Å². The molecule has 14 heteroatoms. The second kappa shape index (κ2) is 17.5. The Morgan fingerprint density at radius 2 is 1.54 bits per heavy atom. The average Bonchev–Trinajstić information content (AvgIpc) is 4.04. The van der Waals surface area contributed by atoms with Gasteiger partial charge in [-0.25, -0.2) is 13.8 Å². The molecule has 2 fully saturated rings. The fourth-order valence-electron chi connectivity index (χ4n) is 11.0. The number of aromatic hydroxyl groups is 1. The summed E-state index contributed by atoms with van der Waals surface area (Å²) in [6, 6.07) is 26.4. The summed E-state index contributed by atoms with van der Waals surface area (Å²) in [7, 11) is 0. The second-order valence-electron chi connectivity index (χ2n) is 18.8. The van der Waals surface area contributed by atoms with Crippen molar-refractivity contribution in [1.82, 2.24) is 24.6 Å². The fourth-order valence-corrected chi connectivity index (χ4v) is 12.3. The van der Waals surface area contributed by atoms with E-state index in [4.69, 9.17) is 9.41 Å². The highest BCUT2D eigenvalue weighted by Crippen LogP contribution is 2.48. The van der Waals surface area contributed by atoms with Crippen LogP contribution in [0.4, 0.5) is 20.2 Å². The Bertz CT molecular complexity index is 2950. The Morgan fingerprint density at radius 1 is 0.821 bits per heavy atom. The van der Waals surface area contributed by atoms with E-state index in [1.807, 2.05) is 19.1 Å². The molecule has 0 unspecified atom stereocenters. The normalized spacial score (nSPS) is 20.5. The van der Waals surface area contributed by atoms with Crippen molar-refractivity contribution in [2.75, 3.05) is 55.6 Å². The van der Waals surface area contributed by atoms with E-state index < -0.39 is 17.2 Å². The maximum absolute atomic E-state index is 15.2. The Morgan fingerprint density at radius 3 is 2.25 bits per heavy atom. The molecular formula is C53H54F2N8O3S. The molecule has 67 heavy (non-hydrogen) atoms. The van der Waals surface area contributed by atoms with Crippen molar-refractivity contribution in [3.8, 4) is 10.8 Å². The number of oxazole rings is 1. The van der Waals surface area contributed by atoms with E-state index in [0.717, 1.165) is 107 Å². The number of phenols is 1. The van der Waals surface area contributed by atoms with Gasteiger partial charge in [-0.3, -0.25) is 14.5 Å². The minimum Gasteiger partial charge on any atom is -0.508 e. The molecular weight excluding hydrogens is 867 g/mol. The Kier molecular flexibility index (Phi) is 11.3. The first kappa shape index (κ1) is 43.4. The van der Waals surface area contributed by atoms with Crippen molar-refractivity contribution in [2.45, 2.75) is 76.4 Å². The number of phenolic OH excluding ortho intramolecular Hbond substituents is 1. The quantitative estimate of drug-likeness (QED) is 0.146. The molecule has 6 heterocycles. The predicted molar refractivity (Wildman–Crippen MR) is 257 cm³/mol. The largest absolute Gasteiger partial charge is 0.508 e. The minimum atomic E-state index is -0.761. The van der Waals surface area contributed by atoms with Gasteiger partial charge in [-0.2, -0.15) is 0 Å². The Hall–Kier alpha value is -6.22. The summed E-state index contributed by atoms with van der Waals surface area (Å²) in [6.45, 7) is 11.9. The van der Waals surface area contributed by atoms with Gasteiger partial charge in [0.05, 0.1) is 23.9 Å². The third kappa shape index (κ3) is 8.22. The average molecular weight is 921 g/mol. The lowest BCUT2D eigenvalue weighted by molar-refractivity contribution is -0.0173. The van der Waals surface area contributed by atoms with Crippen LogP contribution in [0.5, 0.6) is 5.75 Å². The van der Waals surface area contributed by atoms with Crippen LogP contribution in [0, 0.1) is 32.4 Å². The molecule has 0 spiro atoms. The zero-order chi connectivity index (χ0) is 46.0. The van der Waals surface area contributed by atoms with Gasteiger partial charge in [0.1, 0.15) is 40.5 Å². The Balaban J connectivity index is 0.732. The van der Waals surface area contributed by atoms with Gasteiger partial charge in [0.2, 0.25) is 0 Å². The molecule has 11 nitrogen and oxygen atoms in total. The number of β-amino-alcohol motifs (C(OH)–C–C–N with tert-alkyl or cyclic N) is 1. The first-order valence-corrected chi connectivity index (χ1v) is 24.2. The van der Waals surface area contributed by atoms with Gasteiger partial charge in [0.25, 0.3) is 0 Å². The molecule has 3 atom stereocenters. The van der Waals surface area contributed by atoms with Crippen molar-refractivity contribution in [3.05, 3.63) is 170 Å². The van der Waals surface area contributed by atoms with Gasteiger partial charge in [-0.1, -0.05) is 36.4 Å². The molecule has 3 aromatic heterocycles. The Labute approximate surface area is 393 Å². The number of aliphatic hydroxyl groups is 1. The third-order valence-corrected chi connectivity index (χ3v) is 15.9. The summed E-state index contributed by atoms with van der Waals surface area (Å²) >= 11 is 1.74. The fraction of sp³-hybridized carbons (Fsp3) is 0.358. The van der Waals surface area contributed by atoms with E-state index in [-0.39, 0.29) is 23.6 Å². The minimum absolute atomic E-state index is 0.133. The van der Waals surface area contributed by atoms with Gasteiger partial charge in [0.15, 0.2) is 11.7 Å². The SMILES string of the molecule is Cc1sc2c(c1C)C(c1ccc(N3CCC(O)(CN4CCN(c5ccc([C@@H]6c7ccc(O)cc7CC[C@@H]6c6ccc(F)cc6F)cc5)CC4)CC3)cc1)=N[C@H](Cc1ncco1)c1nnc(C)n1-2. The highest BCUT2D eigenvalue weighted by Gasteiger charge is 2.37. The van der Waals surface area contributed by atoms with Gasteiger partial charge in [-0.15, -0.1) is 21.5 Å². The summed E-state index contributed by atoms with van der Waals surface area (Å²) in [5.74, 6) is 1.04. The number of hydrogen-bond acceptors (Lipinski definition) is 11. The molecule has 4 aliphatic rings. The number of halogens is 2. The zero-order valence-electron chi connectivity index (χ0n) is 38.0. The highest BCUT2D eigenvalue weighted by molar-refractivity contribution is 7.15.